The van der Waals surface area contributed by atoms with Gasteiger partial charge in [0.05, 0.1) is 17.4 Å². The van der Waals surface area contributed by atoms with Crippen LogP contribution < -0.4 is 5.32 Å². The number of nitrogens with zero attached hydrogens (tertiary/aromatic N) is 1. The smallest absolute Gasteiger partial charge is 0.101 e. The van der Waals surface area contributed by atoms with Crippen LogP contribution in [0.5, 0.6) is 0 Å². The van der Waals surface area contributed by atoms with E-state index in [2.05, 4.69) is 18.3 Å². The lowest BCUT2D eigenvalue weighted by Crippen LogP contribution is -2.33. The van der Waals surface area contributed by atoms with Crippen LogP contribution in [0, 0.1) is 11.3 Å². The Bertz CT molecular complexity index is 456. The molecular weight excluding hydrogens is 248 g/mol. The minimum atomic E-state index is 0.320. The van der Waals surface area contributed by atoms with Gasteiger partial charge in [0.2, 0.25) is 0 Å². The third-order valence-electron chi connectivity index (χ3n) is 3.28. The molecule has 1 aromatic rings. The first-order valence-electron chi connectivity index (χ1n) is 6.30. The third kappa shape index (κ3) is 3.16. The zero-order chi connectivity index (χ0) is 13.0. The van der Waals surface area contributed by atoms with Gasteiger partial charge in [-0.05, 0) is 37.5 Å². The van der Waals surface area contributed by atoms with Gasteiger partial charge in [0, 0.05) is 17.7 Å². The summed E-state index contributed by atoms with van der Waals surface area (Å²) in [4.78, 5) is 0. The fourth-order valence-corrected chi connectivity index (χ4v) is 2.42. The second-order valence-electron chi connectivity index (χ2n) is 4.57. The Kier molecular flexibility index (Phi) is 4.46. The standard InChI is InChI=1S/C14H17ClN2O/c1-2-13-8-12(5-6-18-13)17-14-7-11(15)4-3-10(14)9-16/h3-4,7,12-13,17H,2,5-6,8H2,1H3. The van der Waals surface area contributed by atoms with Crippen LogP contribution >= 0.6 is 11.6 Å². The van der Waals surface area contributed by atoms with Gasteiger partial charge in [0.1, 0.15) is 6.07 Å². The summed E-state index contributed by atoms with van der Waals surface area (Å²) in [6.07, 6.45) is 3.29. The number of hydrogen-bond donors (Lipinski definition) is 1. The van der Waals surface area contributed by atoms with E-state index in [9.17, 15) is 0 Å². The van der Waals surface area contributed by atoms with Gasteiger partial charge in [-0.3, -0.25) is 0 Å². The van der Waals surface area contributed by atoms with Crippen LogP contribution in [-0.2, 0) is 4.74 Å². The monoisotopic (exact) mass is 264 g/mol. The normalized spacial score (nSPS) is 23.4. The molecular formula is C14H17ClN2O. The lowest BCUT2D eigenvalue weighted by atomic mass is 10.0. The summed E-state index contributed by atoms with van der Waals surface area (Å²) in [5.41, 5.74) is 1.46. The van der Waals surface area contributed by atoms with Gasteiger partial charge in [-0.2, -0.15) is 5.26 Å². The van der Waals surface area contributed by atoms with Gasteiger partial charge < -0.3 is 10.1 Å². The molecule has 1 heterocycles. The van der Waals surface area contributed by atoms with E-state index in [0.717, 1.165) is 31.6 Å². The van der Waals surface area contributed by atoms with E-state index in [0.29, 0.717) is 22.7 Å². The Morgan fingerprint density at radius 1 is 1.56 bits per heavy atom. The van der Waals surface area contributed by atoms with Gasteiger partial charge in [0.25, 0.3) is 0 Å². The van der Waals surface area contributed by atoms with Crippen molar-refractivity contribution < 1.29 is 4.74 Å². The van der Waals surface area contributed by atoms with Crippen molar-refractivity contribution in [3.05, 3.63) is 28.8 Å². The van der Waals surface area contributed by atoms with Crippen molar-refractivity contribution in [3.63, 3.8) is 0 Å². The van der Waals surface area contributed by atoms with Crippen molar-refractivity contribution >= 4 is 17.3 Å². The molecule has 0 saturated carbocycles. The van der Waals surface area contributed by atoms with Gasteiger partial charge in [0.15, 0.2) is 0 Å². The molecule has 0 aromatic heterocycles. The summed E-state index contributed by atoms with van der Waals surface area (Å²) in [5.74, 6) is 0. The maximum atomic E-state index is 9.08. The van der Waals surface area contributed by atoms with E-state index >= 15 is 0 Å². The highest BCUT2D eigenvalue weighted by Gasteiger charge is 2.21. The zero-order valence-corrected chi connectivity index (χ0v) is 11.2. The van der Waals surface area contributed by atoms with E-state index in [-0.39, 0.29) is 0 Å². The van der Waals surface area contributed by atoms with E-state index in [1.165, 1.54) is 0 Å². The molecule has 1 aliphatic rings. The summed E-state index contributed by atoms with van der Waals surface area (Å²) in [6.45, 7) is 2.91. The van der Waals surface area contributed by atoms with Crippen LogP contribution in [0.25, 0.3) is 0 Å². The summed E-state index contributed by atoms with van der Waals surface area (Å²) >= 11 is 5.97. The van der Waals surface area contributed by atoms with Gasteiger partial charge in [-0.25, -0.2) is 0 Å². The molecule has 0 amide bonds. The molecule has 0 radical (unpaired) electrons. The second kappa shape index (κ2) is 6.08. The molecule has 1 aliphatic heterocycles. The highest BCUT2D eigenvalue weighted by atomic mass is 35.5. The van der Waals surface area contributed by atoms with Gasteiger partial charge >= 0.3 is 0 Å². The molecule has 0 spiro atoms. The zero-order valence-electron chi connectivity index (χ0n) is 10.4. The highest BCUT2D eigenvalue weighted by Crippen LogP contribution is 2.25. The number of anilines is 1. The summed E-state index contributed by atoms with van der Waals surface area (Å²) in [5, 5.41) is 13.1. The number of ether oxygens (including phenoxy) is 1. The topological polar surface area (TPSA) is 45.0 Å². The summed E-state index contributed by atoms with van der Waals surface area (Å²) < 4.78 is 5.64. The number of hydrogen-bond acceptors (Lipinski definition) is 3. The van der Waals surface area contributed by atoms with Crippen molar-refractivity contribution in [2.75, 3.05) is 11.9 Å². The first-order valence-corrected chi connectivity index (χ1v) is 6.68. The minimum Gasteiger partial charge on any atom is -0.381 e. The Morgan fingerprint density at radius 3 is 3.11 bits per heavy atom. The van der Waals surface area contributed by atoms with Crippen molar-refractivity contribution in [2.24, 2.45) is 0 Å². The van der Waals surface area contributed by atoms with Gasteiger partial charge in [-0.1, -0.05) is 18.5 Å². The lowest BCUT2D eigenvalue weighted by molar-refractivity contribution is 0.00925. The summed E-state index contributed by atoms with van der Waals surface area (Å²) in [7, 11) is 0. The first-order chi connectivity index (χ1) is 8.72. The van der Waals surface area contributed by atoms with E-state index in [4.69, 9.17) is 21.6 Å². The van der Waals surface area contributed by atoms with Crippen molar-refractivity contribution in [2.45, 2.75) is 38.3 Å². The Labute approximate surface area is 113 Å². The minimum absolute atomic E-state index is 0.320. The predicted molar refractivity (Wildman–Crippen MR) is 72.8 cm³/mol. The molecule has 3 nitrogen and oxygen atoms in total. The molecule has 2 rings (SSSR count). The van der Waals surface area contributed by atoms with Crippen LogP contribution in [0.1, 0.15) is 31.7 Å². The molecule has 96 valence electrons. The quantitative estimate of drug-likeness (QED) is 0.908. The van der Waals surface area contributed by atoms with E-state index < -0.39 is 0 Å². The molecule has 0 bridgehead atoms. The van der Waals surface area contributed by atoms with Crippen LogP contribution in [0.3, 0.4) is 0 Å². The molecule has 1 fully saturated rings. The fourth-order valence-electron chi connectivity index (χ4n) is 2.25. The number of rotatable bonds is 3. The molecule has 4 heteroatoms. The number of nitrogens with one attached hydrogen (secondary N) is 1. The maximum absolute atomic E-state index is 9.08. The van der Waals surface area contributed by atoms with E-state index in [1.54, 1.807) is 12.1 Å². The largest absolute Gasteiger partial charge is 0.381 e. The Hall–Kier alpha value is -1.24. The average molecular weight is 265 g/mol. The second-order valence-corrected chi connectivity index (χ2v) is 5.00. The van der Waals surface area contributed by atoms with Crippen LogP contribution in [0.4, 0.5) is 5.69 Å². The van der Waals surface area contributed by atoms with Crippen LogP contribution in [-0.4, -0.2) is 18.8 Å². The fraction of sp³-hybridized carbons (Fsp3) is 0.500. The predicted octanol–water partition coefficient (Wildman–Crippen LogP) is 3.58. The Balaban J connectivity index is 2.09. The number of nitriles is 1. The maximum Gasteiger partial charge on any atom is 0.101 e. The van der Waals surface area contributed by atoms with Gasteiger partial charge in [-0.15, -0.1) is 0 Å². The van der Waals surface area contributed by atoms with Crippen molar-refractivity contribution in [1.29, 1.82) is 5.26 Å². The molecule has 2 unspecified atom stereocenters. The molecule has 1 N–H and O–H groups in total. The molecule has 1 aromatic carbocycles. The molecule has 18 heavy (non-hydrogen) atoms. The van der Waals surface area contributed by atoms with Crippen molar-refractivity contribution in [3.8, 4) is 6.07 Å². The average Bonchev–Trinajstić information content (AvgIpc) is 2.39. The highest BCUT2D eigenvalue weighted by molar-refractivity contribution is 6.30. The summed E-state index contributed by atoms with van der Waals surface area (Å²) in [6, 6.07) is 7.85. The van der Waals surface area contributed by atoms with Crippen LogP contribution in [0.15, 0.2) is 18.2 Å². The number of halogens is 1. The number of benzene rings is 1. The third-order valence-corrected chi connectivity index (χ3v) is 3.52. The van der Waals surface area contributed by atoms with Crippen LogP contribution in [0.2, 0.25) is 5.02 Å². The lowest BCUT2D eigenvalue weighted by Gasteiger charge is -2.30. The van der Waals surface area contributed by atoms with Crippen molar-refractivity contribution in [1.82, 2.24) is 0 Å². The SMILES string of the molecule is CCC1CC(Nc2cc(Cl)ccc2C#N)CCO1. The molecule has 0 aliphatic carbocycles. The Morgan fingerprint density at radius 2 is 2.39 bits per heavy atom. The van der Waals surface area contributed by atoms with E-state index in [1.807, 2.05) is 6.07 Å². The molecule has 1 saturated heterocycles. The molecule has 2 atom stereocenters. The first kappa shape index (κ1) is 13.2.